The summed E-state index contributed by atoms with van der Waals surface area (Å²) in [5.41, 5.74) is 1.25. The summed E-state index contributed by atoms with van der Waals surface area (Å²) in [7, 11) is 1.69. The van der Waals surface area contributed by atoms with Gasteiger partial charge in [-0.25, -0.2) is 8.78 Å². The summed E-state index contributed by atoms with van der Waals surface area (Å²) in [5, 5.41) is 3.91. The monoisotopic (exact) mass is 287 g/mol. The third kappa shape index (κ3) is 2.32. The number of para-hydroxylation sites is 1. The van der Waals surface area contributed by atoms with Crippen LogP contribution >= 0.6 is 0 Å². The molecule has 0 aliphatic rings. The maximum absolute atomic E-state index is 14.2. The molecule has 108 valence electrons. The number of hydrogen-bond donors (Lipinski definition) is 1. The van der Waals surface area contributed by atoms with Crippen LogP contribution in [0.1, 0.15) is 22.9 Å². The molecule has 1 N–H and O–H groups in total. The van der Waals surface area contributed by atoms with Gasteiger partial charge in [-0.3, -0.25) is 0 Å². The molecule has 4 heteroatoms. The standard InChI is InChI=1S/C17H15F2NO/c1-10-7-8-12(16(19)15(10)18)17(20-2)14-9-11-5-3-4-6-13(11)21-14/h3-9,17,20H,1-2H3. The lowest BCUT2D eigenvalue weighted by Gasteiger charge is -2.15. The normalized spacial score (nSPS) is 12.8. The van der Waals surface area contributed by atoms with Crippen molar-refractivity contribution in [3.63, 3.8) is 0 Å². The van der Waals surface area contributed by atoms with E-state index in [9.17, 15) is 8.78 Å². The summed E-state index contributed by atoms with van der Waals surface area (Å²) in [5.74, 6) is -1.10. The van der Waals surface area contributed by atoms with Crippen LogP contribution in [-0.4, -0.2) is 7.05 Å². The fourth-order valence-corrected chi connectivity index (χ4v) is 2.48. The summed E-state index contributed by atoms with van der Waals surface area (Å²) in [4.78, 5) is 0. The third-order valence-electron chi connectivity index (χ3n) is 3.63. The van der Waals surface area contributed by atoms with Gasteiger partial charge in [0.1, 0.15) is 11.3 Å². The first-order valence-electron chi connectivity index (χ1n) is 6.72. The molecule has 0 radical (unpaired) electrons. The second kappa shape index (κ2) is 5.30. The van der Waals surface area contributed by atoms with Crippen LogP contribution in [0, 0.1) is 18.6 Å². The highest BCUT2D eigenvalue weighted by Gasteiger charge is 2.22. The van der Waals surface area contributed by atoms with Crippen LogP contribution in [0.15, 0.2) is 46.9 Å². The van der Waals surface area contributed by atoms with Gasteiger partial charge in [0.05, 0.1) is 6.04 Å². The van der Waals surface area contributed by atoms with Crippen LogP contribution in [-0.2, 0) is 0 Å². The highest BCUT2D eigenvalue weighted by atomic mass is 19.2. The first-order valence-corrected chi connectivity index (χ1v) is 6.72. The van der Waals surface area contributed by atoms with Gasteiger partial charge >= 0.3 is 0 Å². The van der Waals surface area contributed by atoms with E-state index < -0.39 is 17.7 Å². The Balaban J connectivity index is 2.12. The van der Waals surface area contributed by atoms with Gasteiger partial charge in [-0.1, -0.05) is 30.3 Å². The van der Waals surface area contributed by atoms with Gasteiger partial charge < -0.3 is 9.73 Å². The lowest BCUT2D eigenvalue weighted by atomic mass is 10.0. The van der Waals surface area contributed by atoms with Crippen molar-refractivity contribution in [2.75, 3.05) is 7.05 Å². The Bertz CT molecular complexity index is 762. The van der Waals surface area contributed by atoms with Gasteiger partial charge in [0.25, 0.3) is 0 Å². The van der Waals surface area contributed by atoms with Crippen molar-refractivity contribution in [1.82, 2.24) is 5.32 Å². The molecule has 0 spiro atoms. The van der Waals surface area contributed by atoms with Gasteiger partial charge in [0.2, 0.25) is 0 Å². The van der Waals surface area contributed by atoms with Crippen molar-refractivity contribution in [3.8, 4) is 0 Å². The molecule has 2 aromatic carbocycles. The molecule has 0 bridgehead atoms. The molecule has 0 saturated carbocycles. The van der Waals surface area contributed by atoms with E-state index in [0.717, 1.165) is 11.0 Å². The molecular formula is C17H15F2NO. The average molecular weight is 287 g/mol. The second-order valence-electron chi connectivity index (χ2n) is 5.01. The number of hydrogen-bond acceptors (Lipinski definition) is 2. The zero-order chi connectivity index (χ0) is 15.0. The minimum absolute atomic E-state index is 0.236. The average Bonchev–Trinajstić information content (AvgIpc) is 2.91. The number of rotatable bonds is 3. The Morgan fingerprint density at radius 2 is 1.81 bits per heavy atom. The van der Waals surface area contributed by atoms with Gasteiger partial charge in [0, 0.05) is 10.9 Å². The minimum atomic E-state index is -0.838. The largest absolute Gasteiger partial charge is 0.459 e. The molecule has 0 saturated heterocycles. The van der Waals surface area contributed by atoms with Crippen molar-refractivity contribution >= 4 is 11.0 Å². The molecule has 0 aliphatic carbocycles. The first kappa shape index (κ1) is 13.8. The van der Waals surface area contributed by atoms with Crippen molar-refractivity contribution in [3.05, 3.63) is 71.0 Å². The Hall–Kier alpha value is -2.20. The summed E-state index contributed by atoms with van der Waals surface area (Å²) < 4.78 is 33.7. The van der Waals surface area contributed by atoms with E-state index in [1.54, 1.807) is 19.2 Å². The molecule has 2 nitrogen and oxygen atoms in total. The molecule has 3 rings (SSSR count). The summed E-state index contributed by atoms with van der Waals surface area (Å²) in [6.45, 7) is 1.54. The first-order chi connectivity index (χ1) is 10.1. The van der Waals surface area contributed by atoms with Gasteiger partial charge in [0.15, 0.2) is 11.6 Å². The van der Waals surface area contributed by atoms with Crippen LogP contribution in [0.25, 0.3) is 11.0 Å². The molecule has 1 atom stereocenters. The highest BCUT2D eigenvalue weighted by molar-refractivity contribution is 5.78. The quantitative estimate of drug-likeness (QED) is 0.775. The Morgan fingerprint density at radius 3 is 2.52 bits per heavy atom. The molecule has 1 unspecified atom stereocenters. The lowest BCUT2D eigenvalue weighted by molar-refractivity contribution is 0.452. The Labute approximate surface area is 121 Å². The van der Waals surface area contributed by atoms with E-state index in [1.807, 2.05) is 30.3 Å². The SMILES string of the molecule is CNC(c1cc2ccccc2o1)c1ccc(C)c(F)c1F. The predicted octanol–water partition coefficient (Wildman–Crippen LogP) is 4.33. The minimum Gasteiger partial charge on any atom is -0.459 e. The van der Waals surface area contributed by atoms with Crippen LogP contribution < -0.4 is 5.32 Å². The van der Waals surface area contributed by atoms with E-state index in [-0.39, 0.29) is 11.1 Å². The number of furan rings is 1. The van der Waals surface area contributed by atoms with Crippen molar-refractivity contribution in [2.24, 2.45) is 0 Å². The second-order valence-corrected chi connectivity index (χ2v) is 5.01. The molecule has 0 amide bonds. The fourth-order valence-electron chi connectivity index (χ4n) is 2.48. The zero-order valence-corrected chi connectivity index (χ0v) is 11.8. The number of benzene rings is 2. The topological polar surface area (TPSA) is 25.2 Å². The Morgan fingerprint density at radius 1 is 1.05 bits per heavy atom. The van der Waals surface area contributed by atoms with Crippen molar-refractivity contribution < 1.29 is 13.2 Å². The summed E-state index contributed by atoms with van der Waals surface area (Å²) in [6, 6.07) is 12.0. The van der Waals surface area contributed by atoms with E-state index in [4.69, 9.17) is 4.42 Å². The molecule has 21 heavy (non-hydrogen) atoms. The predicted molar refractivity (Wildman–Crippen MR) is 78.2 cm³/mol. The lowest BCUT2D eigenvalue weighted by Crippen LogP contribution is -2.19. The highest BCUT2D eigenvalue weighted by Crippen LogP contribution is 2.30. The molecule has 1 aromatic heterocycles. The Kier molecular flexibility index (Phi) is 3.47. The van der Waals surface area contributed by atoms with E-state index >= 15 is 0 Å². The van der Waals surface area contributed by atoms with E-state index in [2.05, 4.69) is 5.32 Å². The molecule has 0 fully saturated rings. The van der Waals surface area contributed by atoms with Gasteiger partial charge in [-0.05, 0) is 31.7 Å². The number of halogens is 2. The maximum Gasteiger partial charge on any atom is 0.164 e. The van der Waals surface area contributed by atoms with Crippen LogP contribution in [0.5, 0.6) is 0 Å². The molecule has 0 aliphatic heterocycles. The van der Waals surface area contributed by atoms with E-state index in [1.165, 1.54) is 6.92 Å². The van der Waals surface area contributed by atoms with E-state index in [0.29, 0.717) is 5.76 Å². The van der Waals surface area contributed by atoms with Crippen LogP contribution in [0.3, 0.4) is 0 Å². The summed E-state index contributed by atoms with van der Waals surface area (Å²) >= 11 is 0. The molecular weight excluding hydrogens is 272 g/mol. The van der Waals surface area contributed by atoms with Crippen LogP contribution in [0.2, 0.25) is 0 Å². The van der Waals surface area contributed by atoms with Gasteiger partial charge in [-0.15, -0.1) is 0 Å². The van der Waals surface area contributed by atoms with Crippen molar-refractivity contribution in [2.45, 2.75) is 13.0 Å². The number of nitrogens with one attached hydrogen (secondary N) is 1. The van der Waals surface area contributed by atoms with Crippen molar-refractivity contribution in [1.29, 1.82) is 0 Å². The maximum atomic E-state index is 14.2. The molecule has 3 aromatic rings. The third-order valence-corrected chi connectivity index (χ3v) is 3.63. The molecule has 1 heterocycles. The van der Waals surface area contributed by atoms with Crippen LogP contribution in [0.4, 0.5) is 8.78 Å². The fraction of sp³-hybridized carbons (Fsp3) is 0.176. The zero-order valence-electron chi connectivity index (χ0n) is 11.8. The van der Waals surface area contributed by atoms with Gasteiger partial charge in [-0.2, -0.15) is 0 Å². The number of aryl methyl sites for hydroxylation is 1. The summed E-state index contributed by atoms with van der Waals surface area (Å²) in [6.07, 6.45) is 0. The smallest absolute Gasteiger partial charge is 0.164 e. The number of fused-ring (bicyclic) bond motifs is 1.